The van der Waals surface area contributed by atoms with E-state index < -0.39 is 0 Å². The van der Waals surface area contributed by atoms with Gasteiger partial charge in [0, 0.05) is 11.1 Å². The van der Waals surface area contributed by atoms with E-state index in [1.807, 2.05) is 13.1 Å². The first-order valence-electron chi connectivity index (χ1n) is 10.1. The van der Waals surface area contributed by atoms with E-state index in [0.717, 1.165) is 21.9 Å². The fourth-order valence-electron chi connectivity index (χ4n) is 3.50. The van der Waals surface area contributed by atoms with E-state index in [9.17, 15) is 0 Å². The number of hydrogen-bond acceptors (Lipinski definition) is 6. The predicted molar refractivity (Wildman–Crippen MR) is 121 cm³/mol. The van der Waals surface area contributed by atoms with Crippen LogP contribution in [0.1, 0.15) is 33.8 Å². The molecule has 0 bridgehead atoms. The quantitative estimate of drug-likeness (QED) is 0.648. The van der Waals surface area contributed by atoms with Crippen molar-refractivity contribution in [1.82, 2.24) is 15.4 Å². The van der Waals surface area contributed by atoms with Crippen LogP contribution < -0.4 is 5.48 Å². The predicted octanol–water partition coefficient (Wildman–Crippen LogP) is 4.75. The first kappa shape index (κ1) is 20.6. The largest absolute Gasteiger partial charge is 0.272 e. The van der Waals surface area contributed by atoms with Gasteiger partial charge in [0.25, 0.3) is 0 Å². The number of hydroxylamine groups is 1. The zero-order chi connectivity index (χ0) is 21.1. The Morgan fingerprint density at radius 1 is 1.07 bits per heavy atom. The number of aromatic nitrogens is 2. The van der Waals surface area contributed by atoms with Crippen molar-refractivity contribution in [2.75, 3.05) is 6.61 Å². The minimum atomic E-state index is 0.0368. The van der Waals surface area contributed by atoms with Crippen LogP contribution in [0.5, 0.6) is 0 Å². The molecule has 154 valence electrons. The summed E-state index contributed by atoms with van der Waals surface area (Å²) in [6.45, 7) is 8.78. The van der Waals surface area contributed by atoms with Crippen LogP contribution in [0.15, 0.2) is 63.4 Å². The zero-order valence-electron chi connectivity index (χ0n) is 17.8. The average molecular weight is 419 g/mol. The van der Waals surface area contributed by atoms with Crippen molar-refractivity contribution in [3.05, 3.63) is 82.4 Å². The molecular formula is C24H26N4OS. The maximum Gasteiger partial charge on any atom is 0.173 e. The van der Waals surface area contributed by atoms with Gasteiger partial charge in [-0.3, -0.25) is 9.83 Å². The summed E-state index contributed by atoms with van der Waals surface area (Å²) in [5.74, 6) is 1.37. The van der Waals surface area contributed by atoms with Crippen molar-refractivity contribution < 1.29 is 4.84 Å². The summed E-state index contributed by atoms with van der Waals surface area (Å²) in [5, 5.41) is 0. The number of amidine groups is 1. The van der Waals surface area contributed by atoms with Crippen LogP contribution in [0.25, 0.3) is 0 Å². The monoisotopic (exact) mass is 418 g/mol. The SMILES string of the molecule is Cc1cccc(Sc2cnc(C)nc2C2=N[C@H](Cc3ccc(C)cc3C)CON2)c1. The highest BCUT2D eigenvalue weighted by Gasteiger charge is 2.22. The standard InChI is InChI=1S/C24H26N4OS/c1-15-6-5-7-21(11-15)30-22-13-25-18(4)26-23(22)24-27-20(14-29-28-24)12-19-9-8-16(2)10-17(19)3/h5-11,13,20H,12,14H2,1-4H3,(H,27,28)/t20-/m1/s1. The second-order valence-electron chi connectivity index (χ2n) is 7.73. The molecule has 2 aromatic carbocycles. The highest BCUT2D eigenvalue weighted by Crippen LogP contribution is 2.30. The van der Waals surface area contributed by atoms with Crippen LogP contribution in [0, 0.1) is 27.7 Å². The van der Waals surface area contributed by atoms with Crippen molar-refractivity contribution in [2.24, 2.45) is 4.99 Å². The smallest absolute Gasteiger partial charge is 0.173 e. The summed E-state index contributed by atoms with van der Waals surface area (Å²) in [4.78, 5) is 21.8. The molecule has 3 aromatic rings. The third kappa shape index (κ3) is 4.89. The van der Waals surface area contributed by atoms with Crippen molar-refractivity contribution in [3.8, 4) is 0 Å². The fraction of sp³-hybridized carbons (Fsp3) is 0.292. The van der Waals surface area contributed by atoms with Crippen LogP contribution in [0.4, 0.5) is 0 Å². The van der Waals surface area contributed by atoms with Gasteiger partial charge < -0.3 is 0 Å². The highest BCUT2D eigenvalue weighted by molar-refractivity contribution is 7.99. The highest BCUT2D eigenvalue weighted by atomic mass is 32.2. The van der Waals surface area contributed by atoms with Crippen molar-refractivity contribution in [1.29, 1.82) is 0 Å². The first-order valence-corrected chi connectivity index (χ1v) is 10.9. The molecule has 0 saturated carbocycles. The molecule has 1 N–H and O–H groups in total. The topological polar surface area (TPSA) is 59.4 Å². The molecule has 1 aromatic heterocycles. The van der Waals surface area contributed by atoms with Crippen LogP contribution in [0.2, 0.25) is 0 Å². The van der Waals surface area contributed by atoms with Gasteiger partial charge in [0.05, 0.1) is 17.5 Å². The number of nitrogens with zero attached hydrogens (tertiary/aromatic N) is 3. The molecule has 1 atom stereocenters. The lowest BCUT2D eigenvalue weighted by Gasteiger charge is -2.23. The van der Waals surface area contributed by atoms with Crippen LogP contribution in [0.3, 0.4) is 0 Å². The zero-order valence-corrected chi connectivity index (χ0v) is 18.6. The van der Waals surface area contributed by atoms with E-state index in [-0.39, 0.29) is 6.04 Å². The third-order valence-corrected chi connectivity index (χ3v) is 6.04. The number of benzene rings is 2. The molecule has 0 saturated heterocycles. The third-order valence-electron chi connectivity index (χ3n) is 5.03. The van der Waals surface area contributed by atoms with Gasteiger partial charge in [-0.05, 0) is 57.4 Å². The molecule has 0 amide bonds. The van der Waals surface area contributed by atoms with E-state index in [0.29, 0.717) is 18.3 Å². The van der Waals surface area contributed by atoms with Gasteiger partial charge in [0.1, 0.15) is 11.5 Å². The molecule has 0 aliphatic carbocycles. The average Bonchev–Trinajstić information content (AvgIpc) is 2.72. The molecule has 1 aliphatic rings. The van der Waals surface area contributed by atoms with E-state index >= 15 is 0 Å². The second kappa shape index (κ2) is 8.98. The maximum absolute atomic E-state index is 5.70. The van der Waals surface area contributed by atoms with Gasteiger partial charge >= 0.3 is 0 Å². The van der Waals surface area contributed by atoms with Gasteiger partial charge in [0.2, 0.25) is 0 Å². The Morgan fingerprint density at radius 2 is 1.90 bits per heavy atom. The molecule has 0 fully saturated rings. The van der Waals surface area contributed by atoms with Crippen LogP contribution in [-0.2, 0) is 11.3 Å². The van der Waals surface area contributed by atoms with E-state index in [4.69, 9.17) is 9.83 Å². The lowest BCUT2D eigenvalue weighted by Crippen LogP contribution is -2.37. The number of nitrogens with one attached hydrogen (secondary N) is 1. The van der Waals surface area contributed by atoms with Crippen molar-refractivity contribution in [2.45, 2.75) is 49.9 Å². The van der Waals surface area contributed by atoms with Crippen molar-refractivity contribution in [3.63, 3.8) is 0 Å². The van der Waals surface area contributed by atoms with Crippen LogP contribution in [-0.4, -0.2) is 28.5 Å². The Balaban J connectivity index is 1.62. The van der Waals surface area contributed by atoms with Gasteiger partial charge in [-0.25, -0.2) is 15.4 Å². The van der Waals surface area contributed by atoms with Crippen molar-refractivity contribution >= 4 is 17.6 Å². The van der Waals surface area contributed by atoms with E-state index in [1.54, 1.807) is 11.8 Å². The molecule has 6 heteroatoms. The lowest BCUT2D eigenvalue weighted by atomic mass is 9.99. The van der Waals surface area contributed by atoms with Gasteiger partial charge in [-0.15, -0.1) is 0 Å². The first-order chi connectivity index (χ1) is 14.5. The Labute approximate surface area is 182 Å². The van der Waals surface area contributed by atoms with Gasteiger partial charge in [-0.1, -0.05) is 53.2 Å². The molecule has 2 heterocycles. The Morgan fingerprint density at radius 3 is 2.70 bits per heavy atom. The summed E-state index contributed by atoms with van der Waals surface area (Å²) in [5.41, 5.74) is 8.85. The molecule has 0 radical (unpaired) electrons. The van der Waals surface area contributed by atoms with E-state index in [1.165, 1.54) is 22.3 Å². The summed E-state index contributed by atoms with van der Waals surface area (Å²) < 4.78 is 0. The summed E-state index contributed by atoms with van der Waals surface area (Å²) >= 11 is 1.64. The number of aryl methyl sites for hydroxylation is 4. The molecule has 0 unspecified atom stereocenters. The minimum Gasteiger partial charge on any atom is -0.272 e. The Kier molecular flexibility index (Phi) is 6.16. The maximum atomic E-state index is 5.70. The normalized spacial score (nSPS) is 16.1. The molecule has 30 heavy (non-hydrogen) atoms. The Hall–Kier alpha value is -2.70. The lowest BCUT2D eigenvalue weighted by molar-refractivity contribution is 0.0621. The molecule has 0 spiro atoms. The molecule has 5 nitrogen and oxygen atoms in total. The number of aliphatic imine (C=N–C) groups is 1. The minimum absolute atomic E-state index is 0.0368. The molecule has 1 aliphatic heterocycles. The number of rotatable bonds is 5. The van der Waals surface area contributed by atoms with Crippen LogP contribution >= 0.6 is 11.8 Å². The van der Waals surface area contributed by atoms with Gasteiger partial charge in [0.15, 0.2) is 5.84 Å². The molecule has 4 rings (SSSR count). The fourth-order valence-corrected chi connectivity index (χ4v) is 4.49. The second-order valence-corrected chi connectivity index (χ2v) is 8.84. The molecular weight excluding hydrogens is 392 g/mol. The Bertz CT molecular complexity index is 1100. The van der Waals surface area contributed by atoms with Gasteiger partial charge in [-0.2, -0.15) is 0 Å². The van der Waals surface area contributed by atoms with E-state index in [2.05, 4.69) is 78.7 Å². The summed E-state index contributed by atoms with van der Waals surface area (Å²) in [7, 11) is 0. The number of hydrogen-bond donors (Lipinski definition) is 1. The summed E-state index contributed by atoms with van der Waals surface area (Å²) in [6.07, 6.45) is 2.70. The summed E-state index contributed by atoms with van der Waals surface area (Å²) in [6, 6.07) is 15.0.